The monoisotopic (exact) mass is 379 g/mol. The minimum absolute atomic E-state index is 0.228. The number of aromatic nitrogens is 5. The van der Waals surface area contributed by atoms with E-state index in [9.17, 15) is 9.18 Å². The zero-order valence-electron chi connectivity index (χ0n) is 15.2. The van der Waals surface area contributed by atoms with E-state index in [1.807, 2.05) is 0 Å². The maximum absolute atomic E-state index is 13.6. The standard InChI is InChI=1S/C19H18FN7O/c1-27-14-6-10(20)2-3-11(14)15(26-27)13-8-23-17-16(24-13)12(7-22-17)18(28)25-19(9-21)4-5-19/h2-3,6-8H,4-5,9,21H2,1H3,(H,22,23)(H,25,28). The molecule has 3 aromatic heterocycles. The van der Waals surface area contributed by atoms with Gasteiger partial charge in [-0.05, 0) is 31.0 Å². The highest BCUT2D eigenvalue weighted by molar-refractivity contribution is 6.05. The molecular formula is C19H18FN7O. The summed E-state index contributed by atoms with van der Waals surface area (Å²) < 4.78 is 15.2. The predicted octanol–water partition coefficient (Wildman–Crippen LogP) is 1.87. The summed E-state index contributed by atoms with van der Waals surface area (Å²) >= 11 is 0. The first-order valence-corrected chi connectivity index (χ1v) is 8.99. The SMILES string of the molecule is Cn1nc(-c2cnc3[nH]cc(C(=O)NC4(CN)CC4)c3n2)c2ccc(F)cc21. The zero-order valence-corrected chi connectivity index (χ0v) is 15.2. The van der Waals surface area contributed by atoms with Gasteiger partial charge in [0.2, 0.25) is 0 Å². The fourth-order valence-electron chi connectivity index (χ4n) is 3.44. The second kappa shape index (κ2) is 5.83. The van der Waals surface area contributed by atoms with E-state index in [4.69, 9.17) is 5.73 Å². The van der Waals surface area contributed by atoms with Gasteiger partial charge in [-0.15, -0.1) is 0 Å². The molecule has 1 aliphatic carbocycles. The van der Waals surface area contributed by atoms with Gasteiger partial charge in [0.15, 0.2) is 5.65 Å². The van der Waals surface area contributed by atoms with E-state index >= 15 is 0 Å². The number of hydrogen-bond acceptors (Lipinski definition) is 5. The van der Waals surface area contributed by atoms with Crippen LogP contribution in [-0.2, 0) is 7.05 Å². The van der Waals surface area contributed by atoms with Crippen LogP contribution in [0.15, 0.2) is 30.6 Å². The lowest BCUT2D eigenvalue weighted by Gasteiger charge is -2.14. The first-order chi connectivity index (χ1) is 13.5. The van der Waals surface area contributed by atoms with Crippen molar-refractivity contribution in [2.45, 2.75) is 18.4 Å². The molecule has 1 aliphatic rings. The van der Waals surface area contributed by atoms with Crippen molar-refractivity contribution < 1.29 is 9.18 Å². The first kappa shape index (κ1) is 16.8. The Morgan fingerprint density at radius 1 is 1.43 bits per heavy atom. The number of rotatable bonds is 4. The third kappa shape index (κ3) is 2.55. The number of amides is 1. The highest BCUT2D eigenvalue weighted by Gasteiger charge is 2.43. The van der Waals surface area contributed by atoms with Gasteiger partial charge in [-0.3, -0.25) is 9.48 Å². The minimum atomic E-state index is -0.331. The van der Waals surface area contributed by atoms with Crippen molar-refractivity contribution in [1.82, 2.24) is 30.0 Å². The van der Waals surface area contributed by atoms with E-state index in [2.05, 4.69) is 25.4 Å². The van der Waals surface area contributed by atoms with Crippen LogP contribution in [0.25, 0.3) is 33.5 Å². The zero-order chi connectivity index (χ0) is 19.5. The summed E-state index contributed by atoms with van der Waals surface area (Å²) in [6.45, 7) is 0.411. The van der Waals surface area contributed by atoms with Crippen LogP contribution in [0.3, 0.4) is 0 Å². The third-order valence-electron chi connectivity index (χ3n) is 5.30. The summed E-state index contributed by atoms with van der Waals surface area (Å²) in [7, 11) is 1.74. The number of nitrogens with zero attached hydrogens (tertiary/aromatic N) is 4. The number of nitrogens with one attached hydrogen (secondary N) is 2. The van der Waals surface area contributed by atoms with E-state index in [1.165, 1.54) is 12.1 Å². The Morgan fingerprint density at radius 2 is 2.25 bits per heavy atom. The molecule has 4 aromatic rings. The number of aryl methyl sites for hydroxylation is 1. The van der Waals surface area contributed by atoms with E-state index in [-0.39, 0.29) is 17.3 Å². The van der Waals surface area contributed by atoms with Gasteiger partial charge >= 0.3 is 0 Å². The normalized spacial score (nSPS) is 15.2. The summed E-state index contributed by atoms with van der Waals surface area (Å²) in [4.78, 5) is 24.7. The lowest BCUT2D eigenvalue weighted by Crippen LogP contribution is -2.42. The Balaban J connectivity index is 1.60. The molecular weight excluding hydrogens is 361 g/mol. The average Bonchev–Trinajstić information content (AvgIpc) is 3.21. The van der Waals surface area contributed by atoms with E-state index < -0.39 is 0 Å². The predicted molar refractivity (Wildman–Crippen MR) is 102 cm³/mol. The van der Waals surface area contributed by atoms with Gasteiger partial charge < -0.3 is 16.0 Å². The van der Waals surface area contributed by atoms with Crippen LogP contribution < -0.4 is 11.1 Å². The van der Waals surface area contributed by atoms with Crippen molar-refractivity contribution in [3.63, 3.8) is 0 Å². The van der Waals surface area contributed by atoms with Gasteiger partial charge in [-0.1, -0.05) is 0 Å². The molecule has 9 heteroatoms. The Kier molecular flexibility index (Phi) is 3.50. The number of H-pyrrole nitrogens is 1. The van der Waals surface area contributed by atoms with Crippen LogP contribution in [0.4, 0.5) is 4.39 Å². The molecule has 28 heavy (non-hydrogen) atoms. The smallest absolute Gasteiger partial charge is 0.255 e. The van der Waals surface area contributed by atoms with Crippen molar-refractivity contribution in [2.24, 2.45) is 12.8 Å². The highest BCUT2D eigenvalue weighted by Crippen LogP contribution is 2.34. The van der Waals surface area contributed by atoms with E-state index in [1.54, 1.807) is 30.2 Å². The molecule has 0 saturated heterocycles. The fraction of sp³-hybridized carbons (Fsp3) is 0.263. The van der Waals surface area contributed by atoms with Crippen molar-refractivity contribution in [3.05, 3.63) is 42.0 Å². The Bertz CT molecular complexity index is 1240. The number of benzene rings is 1. The summed E-state index contributed by atoms with van der Waals surface area (Å²) in [5.74, 6) is -0.560. The Morgan fingerprint density at radius 3 is 3.00 bits per heavy atom. The Labute approximate surface area is 159 Å². The van der Waals surface area contributed by atoms with Gasteiger partial charge in [-0.2, -0.15) is 5.10 Å². The number of carbonyl (C=O) groups excluding carboxylic acids is 1. The van der Waals surface area contributed by atoms with Crippen LogP contribution in [0.5, 0.6) is 0 Å². The molecule has 1 saturated carbocycles. The number of fused-ring (bicyclic) bond motifs is 2. The van der Waals surface area contributed by atoms with Crippen LogP contribution in [-0.4, -0.2) is 42.7 Å². The van der Waals surface area contributed by atoms with Gasteiger partial charge in [0.1, 0.15) is 22.7 Å². The average molecular weight is 379 g/mol. The summed E-state index contributed by atoms with van der Waals surface area (Å²) in [5, 5.41) is 8.23. The molecule has 1 fully saturated rings. The summed E-state index contributed by atoms with van der Waals surface area (Å²) in [6, 6.07) is 4.48. The number of carbonyl (C=O) groups is 1. The van der Waals surface area contributed by atoms with Crippen molar-refractivity contribution in [2.75, 3.05) is 6.54 Å². The summed E-state index contributed by atoms with van der Waals surface area (Å²) in [5.41, 5.74) is 8.60. The molecule has 0 spiro atoms. The summed E-state index contributed by atoms with van der Waals surface area (Å²) in [6.07, 6.45) is 4.95. The van der Waals surface area contributed by atoms with E-state index in [0.29, 0.717) is 40.2 Å². The molecule has 1 aromatic carbocycles. The minimum Gasteiger partial charge on any atom is -0.345 e. The molecule has 8 nitrogen and oxygen atoms in total. The molecule has 1 amide bonds. The van der Waals surface area contributed by atoms with Gasteiger partial charge in [0.25, 0.3) is 5.91 Å². The molecule has 142 valence electrons. The van der Waals surface area contributed by atoms with Gasteiger partial charge in [0, 0.05) is 25.2 Å². The quantitative estimate of drug-likeness (QED) is 0.501. The maximum Gasteiger partial charge on any atom is 0.255 e. The topological polar surface area (TPSA) is 115 Å². The third-order valence-corrected chi connectivity index (χ3v) is 5.30. The lowest BCUT2D eigenvalue weighted by atomic mass is 10.1. The molecule has 5 rings (SSSR count). The molecule has 0 aliphatic heterocycles. The van der Waals surface area contributed by atoms with Crippen molar-refractivity contribution in [3.8, 4) is 11.4 Å². The van der Waals surface area contributed by atoms with Crippen LogP contribution in [0, 0.1) is 5.82 Å². The number of aromatic amines is 1. The molecule has 0 bridgehead atoms. The van der Waals surface area contributed by atoms with E-state index in [0.717, 1.165) is 18.2 Å². The van der Waals surface area contributed by atoms with Gasteiger partial charge in [-0.25, -0.2) is 14.4 Å². The molecule has 0 atom stereocenters. The number of nitrogens with two attached hydrogens (primary N) is 1. The van der Waals surface area contributed by atoms with Crippen molar-refractivity contribution in [1.29, 1.82) is 0 Å². The lowest BCUT2D eigenvalue weighted by molar-refractivity contribution is 0.0934. The Hall–Kier alpha value is -3.33. The maximum atomic E-state index is 13.6. The van der Waals surface area contributed by atoms with Crippen LogP contribution in [0.2, 0.25) is 0 Å². The first-order valence-electron chi connectivity index (χ1n) is 8.99. The van der Waals surface area contributed by atoms with Crippen molar-refractivity contribution >= 4 is 28.0 Å². The largest absolute Gasteiger partial charge is 0.345 e. The number of hydrogen-bond donors (Lipinski definition) is 3. The number of halogens is 1. The second-order valence-corrected chi connectivity index (χ2v) is 7.23. The molecule has 0 unspecified atom stereocenters. The van der Waals surface area contributed by atoms with Crippen LogP contribution in [0.1, 0.15) is 23.2 Å². The molecule has 3 heterocycles. The fourth-order valence-corrected chi connectivity index (χ4v) is 3.44. The highest BCUT2D eigenvalue weighted by atomic mass is 19.1. The van der Waals surface area contributed by atoms with Gasteiger partial charge in [0.05, 0.1) is 22.8 Å². The molecule has 0 radical (unpaired) electrons. The van der Waals surface area contributed by atoms with Crippen LogP contribution >= 0.6 is 0 Å². The molecule has 4 N–H and O–H groups in total. The second-order valence-electron chi connectivity index (χ2n) is 7.23.